The van der Waals surface area contributed by atoms with Crippen LogP contribution in [0.1, 0.15) is 13.3 Å². The fourth-order valence-corrected chi connectivity index (χ4v) is 1.96. The Morgan fingerprint density at radius 3 is 3.07 bits per heavy atom. The van der Waals surface area contributed by atoms with Crippen molar-refractivity contribution in [3.05, 3.63) is 24.3 Å². The third kappa shape index (κ3) is 2.26. The van der Waals surface area contributed by atoms with Gasteiger partial charge in [0.2, 0.25) is 5.95 Å². The number of aromatic nitrogens is 1. The summed E-state index contributed by atoms with van der Waals surface area (Å²) >= 11 is 0. The van der Waals surface area contributed by atoms with Crippen LogP contribution in [-0.4, -0.2) is 29.3 Å². The third-order valence-corrected chi connectivity index (χ3v) is 2.94. The van der Waals surface area contributed by atoms with Gasteiger partial charge in [-0.05, 0) is 18.4 Å². The van der Waals surface area contributed by atoms with Crippen LogP contribution in [0.4, 0.5) is 10.1 Å². The van der Waals surface area contributed by atoms with Gasteiger partial charge in [0.05, 0.1) is 6.10 Å². The molecular weight excluding hydrogens is 195 g/mol. The Bertz CT molecular complexity index is 345. The molecule has 3 nitrogen and oxygen atoms in total. The van der Waals surface area contributed by atoms with E-state index in [1.807, 2.05) is 6.92 Å². The molecule has 1 N–H and O–H groups in total. The Hall–Kier alpha value is -1.16. The van der Waals surface area contributed by atoms with Crippen molar-refractivity contribution in [2.24, 2.45) is 5.92 Å². The van der Waals surface area contributed by atoms with E-state index in [1.54, 1.807) is 6.07 Å². The summed E-state index contributed by atoms with van der Waals surface area (Å²) in [6.45, 7) is 3.55. The summed E-state index contributed by atoms with van der Waals surface area (Å²) in [6.07, 6.45) is 1.99. The minimum absolute atomic E-state index is 0.229. The maximum absolute atomic E-state index is 12.9. The fraction of sp³-hybridized carbons (Fsp3) is 0.545. The summed E-state index contributed by atoms with van der Waals surface area (Å²) in [5, 5.41) is 9.58. The number of aliphatic hydroxyl groups is 1. The minimum atomic E-state index is -0.453. The van der Waals surface area contributed by atoms with Gasteiger partial charge in [-0.1, -0.05) is 6.92 Å². The van der Waals surface area contributed by atoms with Gasteiger partial charge in [-0.2, -0.15) is 4.39 Å². The monoisotopic (exact) mass is 210 g/mol. The smallest absolute Gasteiger partial charge is 0.214 e. The molecule has 1 aliphatic heterocycles. The lowest BCUT2D eigenvalue weighted by Crippen LogP contribution is -2.42. The van der Waals surface area contributed by atoms with E-state index in [9.17, 15) is 9.50 Å². The van der Waals surface area contributed by atoms with Crippen LogP contribution in [-0.2, 0) is 0 Å². The predicted octanol–water partition coefficient (Wildman–Crippen LogP) is 1.43. The first-order chi connectivity index (χ1) is 7.16. The average Bonchev–Trinajstić information content (AvgIpc) is 2.22. The molecule has 1 saturated heterocycles. The first-order valence-electron chi connectivity index (χ1n) is 5.21. The lowest BCUT2D eigenvalue weighted by molar-refractivity contribution is 0.0971. The maximum Gasteiger partial charge on any atom is 0.214 e. The molecular formula is C11H15FN2O. The molecule has 2 heterocycles. The van der Waals surface area contributed by atoms with Crippen LogP contribution >= 0.6 is 0 Å². The van der Waals surface area contributed by atoms with Crippen molar-refractivity contribution in [1.29, 1.82) is 0 Å². The number of pyridine rings is 1. The lowest BCUT2D eigenvalue weighted by Gasteiger charge is -2.35. The van der Waals surface area contributed by atoms with Gasteiger partial charge >= 0.3 is 0 Å². The highest BCUT2D eigenvalue weighted by atomic mass is 19.1. The fourth-order valence-electron chi connectivity index (χ4n) is 1.96. The zero-order valence-electron chi connectivity index (χ0n) is 8.73. The quantitative estimate of drug-likeness (QED) is 0.712. The number of piperidine rings is 1. The average molecular weight is 210 g/mol. The molecule has 0 aromatic carbocycles. The van der Waals surface area contributed by atoms with Gasteiger partial charge in [0.15, 0.2) is 0 Å². The van der Waals surface area contributed by atoms with Gasteiger partial charge in [-0.15, -0.1) is 0 Å². The second-order valence-electron chi connectivity index (χ2n) is 4.12. The largest absolute Gasteiger partial charge is 0.393 e. The van der Waals surface area contributed by atoms with Crippen molar-refractivity contribution in [3.8, 4) is 0 Å². The predicted molar refractivity (Wildman–Crippen MR) is 56.2 cm³/mol. The molecule has 15 heavy (non-hydrogen) atoms. The highest BCUT2D eigenvalue weighted by Gasteiger charge is 2.24. The molecule has 2 unspecified atom stereocenters. The second kappa shape index (κ2) is 4.14. The topological polar surface area (TPSA) is 36.4 Å². The van der Waals surface area contributed by atoms with E-state index in [2.05, 4.69) is 9.88 Å². The van der Waals surface area contributed by atoms with Gasteiger partial charge in [-0.3, -0.25) is 0 Å². The van der Waals surface area contributed by atoms with Gasteiger partial charge < -0.3 is 10.0 Å². The Labute approximate surface area is 88.6 Å². The molecule has 2 atom stereocenters. The number of anilines is 1. The number of hydrogen-bond acceptors (Lipinski definition) is 3. The summed E-state index contributed by atoms with van der Waals surface area (Å²) in [4.78, 5) is 5.61. The third-order valence-electron chi connectivity index (χ3n) is 2.94. The summed E-state index contributed by atoms with van der Waals surface area (Å²) in [5.74, 6) is -0.221. The Morgan fingerprint density at radius 2 is 2.40 bits per heavy atom. The van der Waals surface area contributed by atoms with Gasteiger partial charge in [-0.25, -0.2) is 4.98 Å². The van der Waals surface area contributed by atoms with Crippen LogP contribution < -0.4 is 4.90 Å². The van der Waals surface area contributed by atoms with Crippen LogP contribution in [0.5, 0.6) is 0 Å². The molecule has 2 rings (SSSR count). The van der Waals surface area contributed by atoms with Gasteiger partial charge in [0.25, 0.3) is 0 Å². The van der Waals surface area contributed by atoms with E-state index >= 15 is 0 Å². The number of halogens is 1. The minimum Gasteiger partial charge on any atom is -0.393 e. The normalized spacial score (nSPS) is 26.7. The molecule has 0 aliphatic carbocycles. The summed E-state index contributed by atoms with van der Waals surface area (Å²) < 4.78 is 12.9. The molecule has 1 aliphatic rings. The standard InChI is InChI=1S/C11H15FN2O/c1-8-7-14(5-3-10(8)15)9-2-4-13-11(12)6-9/h2,4,6,8,10,15H,3,5,7H2,1H3. The van der Waals surface area contributed by atoms with Crippen LogP contribution in [0.2, 0.25) is 0 Å². The zero-order valence-corrected chi connectivity index (χ0v) is 8.73. The van der Waals surface area contributed by atoms with E-state index in [-0.39, 0.29) is 12.0 Å². The Kier molecular flexibility index (Phi) is 2.86. The summed E-state index contributed by atoms with van der Waals surface area (Å²) in [5.41, 5.74) is 0.848. The van der Waals surface area contributed by atoms with Gasteiger partial charge in [0, 0.05) is 31.0 Å². The van der Waals surface area contributed by atoms with E-state index in [0.29, 0.717) is 0 Å². The molecule has 1 aromatic heterocycles. The Balaban J connectivity index is 2.12. The number of nitrogens with zero attached hydrogens (tertiary/aromatic N) is 2. The molecule has 0 saturated carbocycles. The first-order valence-corrected chi connectivity index (χ1v) is 5.21. The molecule has 0 amide bonds. The summed E-state index contributed by atoms with van der Waals surface area (Å²) in [6, 6.07) is 3.23. The van der Waals surface area contributed by atoms with Crippen LogP contribution in [0, 0.1) is 11.9 Å². The second-order valence-corrected chi connectivity index (χ2v) is 4.12. The van der Waals surface area contributed by atoms with Crippen molar-refractivity contribution < 1.29 is 9.50 Å². The lowest BCUT2D eigenvalue weighted by atomic mass is 9.96. The molecule has 0 radical (unpaired) electrons. The first kappa shape index (κ1) is 10.4. The molecule has 82 valence electrons. The molecule has 1 aromatic rings. The number of hydrogen-bond donors (Lipinski definition) is 1. The number of aliphatic hydroxyl groups excluding tert-OH is 1. The van der Waals surface area contributed by atoms with E-state index in [4.69, 9.17) is 0 Å². The van der Waals surface area contributed by atoms with Crippen molar-refractivity contribution in [2.45, 2.75) is 19.4 Å². The van der Waals surface area contributed by atoms with Crippen molar-refractivity contribution in [2.75, 3.05) is 18.0 Å². The molecule has 4 heteroatoms. The highest BCUT2D eigenvalue weighted by Crippen LogP contribution is 2.22. The highest BCUT2D eigenvalue weighted by molar-refractivity contribution is 5.45. The van der Waals surface area contributed by atoms with Crippen molar-refractivity contribution in [3.63, 3.8) is 0 Å². The molecule has 1 fully saturated rings. The van der Waals surface area contributed by atoms with E-state index in [1.165, 1.54) is 12.3 Å². The number of rotatable bonds is 1. The molecule has 0 spiro atoms. The molecule has 0 bridgehead atoms. The Morgan fingerprint density at radius 1 is 1.60 bits per heavy atom. The van der Waals surface area contributed by atoms with E-state index < -0.39 is 5.95 Å². The van der Waals surface area contributed by atoms with Crippen molar-refractivity contribution >= 4 is 5.69 Å². The van der Waals surface area contributed by atoms with Gasteiger partial charge in [0.1, 0.15) is 0 Å². The van der Waals surface area contributed by atoms with Crippen LogP contribution in [0.3, 0.4) is 0 Å². The maximum atomic E-state index is 12.9. The van der Waals surface area contributed by atoms with Crippen LogP contribution in [0.25, 0.3) is 0 Å². The van der Waals surface area contributed by atoms with Crippen LogP contribution in [0.15, 0.2) is 18.3 Å². The van der Waals surface area contributed by atoms with Crippen molar-refractivity contribution in [1.82, 2.24) is 4.98 Å². The summed E-state index contributed by atoms with van der Waals surface area (Å²) in [7, 11) is 0. The zero-order chi connectivity index (χ0) is 10.8. The van der Waals surface area contributed by atoms with E-state index in [0.717, 1.165) is 25.2 Å². The SMILES string of the molecule is CC1CN(c2ccnc(F)c2)CCC1O.